The van der Waals surface area contributed by atoms with Gasteiger partial charge in [-0.1, -0.05) is 41.6 Å². The van der Waals surface area contributed by atoms with Crippen LogP contribution in [0.15, 0.2) is 66.3 Å². The van der Waals surface area contributed by atoms with Crippen molar-refractivity contribution in [3.63, 3.8) is 0 Å². The lowest BCUT2D eigenvalue weighted by Gasteiger charge is -2.13. The highest BCUT2D eigenvalue weighted by Gasteiger charge is 2.35. The fraction of sp³-hybridized carbons (Fsp3) is 0.100. The topological polar surface area (TPSA) is 68.1 Å². The maximum atomic E-state index is 12.5. The zero-order valence-corrected chi connectivity index (χ0v) is 16.3. The highest BCUT2D eigenvalue weighted by atomic mass is 35.5. The molecule has 6 nitrogen and oxygen atoms in total. The van der Waals surface area contributed by atoms with Gasteiger partial charge in [-0.25, -0.2) is 0 Å². The van der Waals surface area contributed by atoms with E-state index in [9.17, 15) is 9.59 Å². The molecular formula is C20H15ClN4O2S. The first kappa shape index (κ1) is 18.5. The van der Waals surface area contributed by atoms with Crippen LogP contribution in [0, 0.1) is 0 Å². The highest BCUT2D eigenvalue weighted by molar-refractivity contribution is 7.99. The summed E-state index contributed by atoms with van der Waals surface area (Å²) in [5.41, 5.74) is 1.73. The number of amides is 2. The standard InChI is InChI=1S/C20H15ClN4O2S/c1-2-11-24-17(13-7-9-14(21)10-8-13)22-23-20(24)28-12-25-18(26)15-5-3-4-6-16(15)19(25)27/h2-10H,1,11-12H2. The van der Waals surface area contributed by atoms with Gasteiger partial charge in [0.05, 0.1) is 17.0 Å². The number of hydrogen-bond donors (Lipinski definition) is 0. The van der Waals surface area contributed by atoms with E-state index in [1.54, 1.807) is 42.5 Å². The lowest BCUT2D eigenvalue weighted by molar-refractivity contribution is 0.0684. The van der Waals surface area contributed by atoms with Crippen LogP contribution in [0.4, 0.5) is 0 Å². The van der Waals surface area contributed by atoms with Crippen LogP contribution in [0.1, 0.15) is 20.7 Å². The van der Waals surface area contributed by atoms with Crippen LogP contribution in [0.5, 0.6) is 0 Å². The van der Waals surface area contributed by atoms with Crippen molar-refractivity contribution in [3.8, 4) is 11.4 Å². The average Bonchev–Trinajstić information content (AvgIpc) is 3.21. The van der Waals surface area contributed by atoms with Gasteiger partial charge in [-0.05, 0) is 36.4 Å². The summed E-state index contributed by atoms with van der Waals surface area (Å²) in [6.07, 6.45) is 1.74. The van der Waals surface area contributed by atoms with Crippen molar-refractivity contribution in [2.24, 2.45) is 0 Å². The van der Waals surface area contributed by atoms with Crippen LogP contribution >= 0.6 is 23.4 Å². The molecule has 0 bridgehead atoms. The Morgan fingerprint density at radius 1 is 1.00 bits per heavy atom. The molecule has 8 heteroatoms. The summed E-state index contributed by atoms with van der Waals surface area (Å²) in [7, 11) is 0. The molecule has 28 heavy (non-hydrogen) atoms. The Bertz CT molecular complexity index is 1040. The van der Waals surface area contributed by atoms with Gasteiger partial charge in [-0.2, -0.15) is 0 Å². The quantitative estimate of drug-likeness (QED) is 0.347. The fourth-order valence-electron chi connectivity index (χ4n) is 2.98. The number of imide groups is 1. The van der Waals surface area contributed by atoms with Crippen LogP contribution < -0.4 is 0 Å². The van der Waals surface area contributed by atoms with Crippen LogP contribution in [0.2, 0.25) is 5.02 Å². The lowest BCUT2D eigenvalue weighted by Crippen LogP contribution is -2.29. The molecule has 2 heterocycles. The second-order valence-corrected chi connectivity index (χ2v) is 7.42. The maximum Gasteiger partial charge on any atom is 0.262 e. The third-order valence-corrected chi connectivity index (χ3v) is 5.53. The molecule has 0 N–H and O–H groups in total. The van der Waals surface area contributed by atoms with E-state index in [1.807, 2.05) is 16.7 Å². The predicted molar refractivity (Wildman–Crippen MR) is 108 cm³/mol. The molecule has 3 aromatic rings. The minimum absolute atomic E-state index is 0.155. The first-order valence-electron chi connectivity index (χ1n) is 8.48. The van der Waals surface area contributed by atoms with E-state index in [0.717, 1.165) is 5.56 Å². The summed E-state index contributed by atoms with van der Waals surface area (Å²) in [6, 6.07) is 14.1. The Kier molecular flexibility index (Phi) is 5.02. The molecule has 4 rings (SSSR count). The molecule has 2 aromatic carbocycles. The SMILES string of the molecule is C=CCn1c(SCN2C(=O)c3ccccc3C2=O)nnc1-c1ccc(Cl)cc1. The molecule has 0 spiro atoms. The number of rotatable bonds is 6. The van der Waals surface area contributed by atoms with Crippen LogP contribution in [-0.2, 0) is 6.54 Å². The largest absolute Gasteiger partial charge is 0.298 e. The molecule has 0 saturated heterocycles. The van der Waals surface area contributed by atoms with Gasteiger partial charge >= 0.3 is 0 Å². The van der Waals surface area contributed by atoms with Crippen LogP contribution in [0.3, 0.4) is 0 Å². The van der Waals surface area contributed by atoms with Gasteiger partial charge in [0.1, 0.15) is 0 Å². The van der Waals surface area contributed by atoms with Crippen molar-refractivity contribution in [1.29, 1.82) is 0 Å². The van der Waals surface area contributed by atoms with Gasteiger partial charge in [0.25, 0.3) is 11.8 Å². The van der Waals surface area contributed by atoms with E-state index in [4.69, 9.17) is 11.6 Å². The van der Waals surface area contributed by atoms with Gasteiger partial charge in [0, 0.05) is 17.1 Å². The molecule has 2 amide bonds. The molecule has 0 saturated carbocycles. The molecule has 140 valence electrons. The summed E-state index contributed by atoms with van der Waals surface area (Å²) < 4.78 is 1.89. The Balaban J connectivity index is 1.57. The van der Waals surface area contributed by atoms with Gasteiger partial charge in [-0.3, -0.25) is 19.1 Å². The second kappa shape index (κ2) is 7.61. The zero-order valence-electron chi connectivity index (χ0n) is 14.7. The number of fused-ring (bicyclic) bond motifs is 1. The Hall–Kier alpha value is -2.90. The number of aromatic nitrogens is 3. The van der Waals surface area contributed by atoms with Crippen LogP contribution in [0.25, 0.3) is 11.4 Å². The van der Waals surface area contributed by atoms with E-state index < -0.39 is 0 Å². The van der Waals surface area contributed by atoms with Crippen molar-refractivity contribution >= 4 is 35.2 Å². The molecule has 1 aromatic heterocycles. The first-order valence-corrected chi connectivity index (χ1v) is 9.84. The van der Waals surface area contributed by atoms with Crippen molar-refractivity contribution < 1.29 is 9.59 Å². The Labute approximate surface area is 170 Å². The molecule has 0 fully saturated rings. The van der Waals surface area contributed by atoms with E-state index in [0.29, 0.717) is 33.7 Å². The second-order valence-electron chi connectivity index (χ2n) is 6.07. The normalized spacial score (nSPS) is 13.1. The third kappa shape index (κ3) is 3.23. The summed E-state index contributed by atoms with van der Waals surface area (Å²) in [5.74, 6) is 0.241. The lowest BCUT2D eigenvalue weighted by atomic mass is 10.1. The van der Waals surface area contributed by atoms with Crippen molar-refractivity contribution in [2.75, 3.05) is 5.88 Å². The third-order valence-electron chi connectivity index (χ3n) is 4.33. The Morgan fingerprint density at radius 3 is 2.25 bits per heavy atom. The Morgan fingerprint density at radius 2 is 1.64 bits per heavy atom. The smallest absolute Gasteiger partial charge is 0.262 e. The monoisotopic (exact) mass is 410 g/mol. The van der Waals surface area contributed by atoms with E-state index >= 15 is 0 Å². The van der Waals surface area contributed by atoms with Crippen molar-refractivity contribution in [2.45, 2.75) is 11.7 Å². The zero-order chi connectivity index (χ0) is 19.7. The van der Waals surface area contributed by atoms with Crippen LogP contribution in [-0.4, -0.2) is 37.4 Å². The fourth-order valence-corrected chi connectivity index (χ4v) is 4.00. The molecule has 1 aliphatic rings. The maximum absolute atomic E-state index is 12.5. The molecule has 0 unspecified atom stereocenters. The molecule has 0 atom stereocenters. The summed E-state index contributed by atoms with van der Waals surface area (Å²) in [4.78, 5) is 26.3. The van der Waals surface area contributed by atoms with Gasteiger partial charge in [-0.15, -0.1) is 16.8 Å². The van der Waals surface area contributed by atoms with Gasteiger partial charge in [0.2, 0.25) is 0 Å². The number of hydrogen-bond acceptors (Lipinski definition) is 5. The minimum Gasteiger partial charge on any atom is -0.298 e. The average molecular weight is 411 g/mol. The van der Waals surface area contributed by atoms with E-state index in [-0.39, 0.29) is 17.7 Å². The van der Waals surface area contributed by atoms with Crippen molar-refractivity contribution in [3.05, 3.63) is 77.3 Å². The number of nitrogens with zero attached hydrogens (tertiary/aromatic N) is 4. The molecular weight excluding hydrogens is 396 g/mol. The first-order chi connectivity index (χ1) is 13.6. The van der Waals surface area contributed by atoms with Gasteiger partial charge < -0.3 is 0 Å². The highest BCUT2D eigenvalue weighted by Crippen LogP contribution is 2.29. The number of allylic oxidation sites excluding steroid dienone is 1. The number of benzene rings is 2. The van der Waals surface area contributed by atoms with Crippen molar-refractivity contribution in [1.82, 2.24) is 19.7 Å². The number of carbonyl (C=O) groups is 2. The number of carbonyl (C=O) groups excluding carboxylic acids is 2. The summed E-state index contributed by atoms with van der Waals surface area (Å²) in [5, 5.41) is 9.75. The van der Waals surface area contributed by atoms with E-state index in [2.05, 4.69) is 16.8 Å². The number of halogens is 1. The van der Waals surface area contributed by atoms with Gasteiger partial charge in [0.15, 0.2) is 11.0 Å². The molecule has 0 aliphatic carbocycles. The number of thioether (sulfide) groups is 1. The summed E-state index contributed by atoms with van der Waals surface area (Å²) >= 11 is 7.24. The summed E-state index contributed by atoms with van der Waals surface area (Å²) in [6.45, 7) is 4.28. The predicted octanol–water partition coefficient (Wildman–Crippen LogP) is 4.13. The minimum atomic E-state index is -0.291. The molecule has 0 radical (unpaired) electrons. The molecule has 1 aliphatic heterocycles. The van der Waals surface area contributed by atoms with E-state index in [1.165, 1.54) is 16.7 Å².